The standard InChI is InChI=1S/C9H15N3O3/c1-6(13)11-9(2)4-3-8(12(14)15)7(10)5-9/h3,5-6,11,13H,4,10H2,1-2H3/t6-,9-/m0/s1. The van der Waals surface area contributed by atoms with Gasteiger partial charge in [0.1, 0.15) is 11.9 Å². The van der Waals surface area contributed by atoms with E-state index in [1.807, 2.05) is 6.92 Å². The number of aliphatic hydroxyl groups is 1. The third kappa shape index (κ3) is 2.77. The van der Waals surface area contributed by atoms with Gasteiger partial charge in [0, 0.05) is 5.54 Å². The van der Waals surface area contributed by atoms with Crippen LogP contribution in [0, 0.1) is 10.1 Å². The highest BCUT2D eigenvalue weighted by molar-refractivity contribution is 5.31. The van der Waals surface area contributed by atoms with Crippen molar-refractivity contribution in [3.05, 3.63) is 33.7 Å². The first-order chi connectivity index (χ1) is 6.84. The number of nitrogens with one attached hydrogen (secondary N) is 1. The van der Waals surface area contributed by atoms with Gasteiger partial charge >= 0.3 is 0 Å². The lowest BCUT2D eigenvalue weighted by Crippen LogP contribution is -2.47. The minimum absolute atomic E-state index is 0.0696. The monoisotopic (exact) mass is 213 g/mol. The molecule has 0 bridgehead atoms. The van der Waals surface area contributed by atoms with E-state index in [-0.39, 0.29) is 11.4 Å². The van der Waals surface area contributed by atoms with Gasteiger partial charge < -0.3 is 10.8 Å². The van der Waals surface area contributed by atoms with Crippen LogP contribution in [0.4, 0.5) is 0 Å². The van der Waals surface area contributed by atoms with Crippen molar-refractivity contribution in [1.82, 2.24) is 5.32 Å². The number of nitrogens with two attached hydrogens (primary N) is 1. The van der Waals surface area contributed by atoms with Crippen molar-refractivity contribution in [3.8, 4) is 0 Å². The van der Waals surface area contributed by atoms with Crippen LogP contribution < -0.4 is 11.1 Å². The largest absolute Gasteiger partial charge is 0.393 e. The van der Waals surface area contributed by atoms with Crippen LogP contribution in [-0.2, 0) is 0 Å². The third-order valence-electron chi connectivity index (χ3n) is 2.22. The molecule has 0 aromatic carbocycles. The summed E-state index contributed by atoms with van der Waals surface area (Å²) in [5.41, 5.74) is 5.09. The van der Waals surface area contributed by atoms with Gasteiger partial charge in [-0.1, -0.05) is 0 Å². The summed E-state index contributed by atoms with van der Waals surface area (Å²) in [6, 6.07) is 0. The molecule has 15 heavy (non-hydrogen) atoms. The Morgan fingerprint density at radius 1 is 1.80 bits per heavy atom. The SMILES string of the molecule is C[C@H](O)N[C@]1(C)C=C(N)C([N+](=O)[O-])=CC1. The summed E-state index contributed by atoms with van der Waals surface area (Å²) in [5, 5.41) is 22.6. The van der Waals surface area contributed by atoms with E-state index >= 15 is 0 Å². The van der Waals surface area contributed by atoms with E-state index in [4.69, 9.17) is 5.73 Å². The Morgan fingerprint density at radius 3 is 2.80 bits per heavy atom. The number of aliphatic hydroxyl groups excluding tert-OH is 1. The lowest BCUT2D eigenvalue weighted by molar-refractivity contribution is -0.421. The minimum atomic E-state index is -0.690. The highest BCUT2D eigenvalue weighted by Crippen LogP contribution is 2.24. The van der Waals surface area contributed by atoms with E-state index in [1.54, 1.807) is 13.0 Å². The fourth-order valence-electron chi connectivity index (χ4n) is 1.66. The normalized spacial score (nSPS) is 27.9. The maximum Gasteiger partial charge on any atom is 0.287 e. The minimum Gasteiger partial charge on any atom is -0.393 e. The van der Waals surface area contributed by atoms with Gasteiger partial charge in [0.05, 0.1) is 4.92 Å². The van der Waals surface area contributed by atoms with Crippen molar-refractivity contribution in [2.24, 2.45) is 5.73 Å². The molecule has 0 saturated heterocycles. The molecule has 0 aromatic rings. The van der Waals surface area contributed by atoms with Gasteiger partial charge in [-0.2, -0.15) is 0 Å². The first-order valence-electron chi connectivity index (χ1n) is 4.63. The second-order valence-electron chi connectivity index (χ2n) is 3.89. The Labute approximate surface area is 87.6 Å². The number of nitrogens with zero attached hydrogens (tertiary/aromatic N) is 1. The van der Waals surface area contributed by atoms with Gasteiger partial charge in [0.2, 0.25) is 0 Å². The van der Waals surface area contributed by atoms with Crippen molar-refractivity contribution < 1.29 is 10.0 Å². The Balaban J connectivity index is 2.85. The van der Waals surface area contributed by atoms with E-state index in [1.165, 1.54) is 6.08 Å². The van der Waals surface area contributed by atoms with E-state index in [9.17, 15) is 15.2 Å². The highest BCUT2D eigenvalue weighted by atomic mass is 16.6. The molecular weight excluding hydrogens is 198 g/mol. The molecule has 2 atom stereocenters. The molecule has 0 amide bonds. The molecule has 0 spiro atoms. The first kappa shape index (κ1) is 11.7. The second-order valence-corrected chi connectivity index (χ2v) is 3.89. The molecule has 0 heterocycles. The molecule has 0 aliphatic heterocycles. The molecule has 0 fully saturated rings. The molecule has 6 heteroatoms. The third-order valence-corrected chi connectivity index (χ3v) is 2.22. The highest BCUT2D eigenvalue weighted by Gasteiger charge is 2.30. The maximum absolute atomic E-state index is 10.5. The Hall–Kier alpha value is -1.40. The summed E-state index contributed by atoms with van der Waals surface area (Å²) in [5.74, 6) is 0. The summed E-state index contributed by atoms with van der Waals surface area (Å²) >= 11 is 0. The van der Waals surface area contributed by atoms with Crippen LogP contribution in [0.1, 0.15) is 20.3 Å². The van der Waals surface area contributed by atoms with Crippen LogP contribution in [0.5, 0.6) is 0 Å². The molecular formula is C9H15N3O3. The zero-order valence-corrected chi connectivity index (χ0v) is 8.73. The van der Waals surface area contributed by atoms with Gasteiger partial charge in [0.15, 0.2) is 0 Å². The smallest absolute Gasteiger partial charge is 0.287 e. The van der Waals surface area contributed by atoms with E-state index < -0.39 is 16.7 Å². The zero-order valence-electron chi connectivity index (χ0n) is 8.73. The van der Waals surface area contributed by atoms with E-state index in [2.05, 4.69) is 5.32 Å². The van der Waals surface area contributed by atoms with Crippen molar-refractivity contribution in [2.75, 3.05) is 0 Å². The van der Waals surface area contributed by atoms with Crippen molar-refractivity contribution in [3.63, 3.8) is 0 Å². The van der Waals surface area contributed by atoms with E-state index in [0.29, 0.717) is 6.42 Å². The average molecular weight is 213 g/mol. The summed E-state index contributed by atoms with van der Waals surface area (Å²) < 4.78 is 0. The van der Waals surface area contributed by atoms with Gasteiger partial charge in [-0.05, 0) is 32.4 Å². The van der Waals surface area contributed by atoms with E-state index in [0.717, 1.165) is 0 Å². The summed E-state index contributed by atoms with van der Waals surface area (Å²) in [4.78, 5) is 10.0. The van der Waals surface area contributed by atoms with Crippen molar-refractivity contribution >= 4 is 0 Å². The molecule has 0 saturated carbocycles. The molecule has 0 radical (unpaired) electrons. The lowest BCUT2D eigenvalue weighted by Gasteiger charge is -2.30. The zero-order chi connectivity index (χ0) is 11.6. The van der Waals surface area contributed by atoms with Gasteiger partial charge in [-0.25, -0.2) is 0 Å². The summed E-state index contributed by atoms with van der Waals surface area (Å²) in [6.07, 6.45) is 2.77. The molecule has 1 rings (SSSR count). The van der Waals surface area contributed by atoms with Crippen LogP contribution in [0.25, 0.3) is 0 Å². The van der Waals surface area contributed by atoms with Crippen LogP contribution in [0.3, 0.4) is 0 Å². The quantitative estimate of drug-likeness (QED) is 0.350. The van der Waals surface area contributed by atoms with Gasteiger partial charge in [-0.3, -0.25) is 15.4 Å². The lowest BCUT2D eigenvalue weighted by atomic mass is 9.91. The molecule has 0 aromatic heterocycles. The number of hydrogen-bond donors (Lipinski definition) is 3. The molecule has 4 N–H and O–H groups in total. The Bertz CT molecular complexity index is 335. The Kier molecular flexibility index (Phi) is 3.11. The van der Waals surface area contributed by atoms with Crippen molar-refractivity contribution in [2.45, 2.75) is 32.0 Å². The first-order valence-corrected chi connectivity index (χ1v) is 4.63. The number of hydrogen-bond acceptors (Lipinski definition) is 5. The predicted molar refractivity (Wildman–Crippen MR) is 55.2 cm³/mol. The predicted octanol–water partition coefficient (Wildman–Crippen LogP) is 0.0799. The maximum atomic E-state index is 10.5. The molecule has 0 unspecified atom stereocenters. The molecule has 1 aliphatic rings. The van der Waals surface area contributed by atoms with Crippen LogP contribution in [0.15, 0.2) is 23.5 Å². The second kappa shape index (κ2) is 4.00. The van der Waals surface area contributed by atoms with Gasteiger partial charge in [0.25, 0.3) is 5.70 Å². The Morgan fingerprint density at radius 2 is 2.40 bits per heavy atom. The fourth-order valence-corrected chi connectivity index (χ4v) is 1.66. The van der Waals surface area contributed by atoms with Crippen LogP contribution >= 0.6 is 0 Å². The van der Waals surface area contributed by atoms with Crippen LogP contribution in [-0.4, -0.2) is 21.8 Å². The molecule has 6 nitrogen and oxygen atoms in total. The molecule has 84 valence electrons. The van der Waals surface area contributed by atoms with Gasteiger partial charge in [-0.15, -0.1) is 0 Å². The number of nitro groups is 1. The van der Waals surface area contributed by atoms with Crippen molar-refractivity contribution in [1.29, 1.82) is 0 Å². The topological polar surface area (TPSA) is 101 Å². The average Bonchev–Trinajstić information content (AvgIpc) is 1.99. The van der Waals surface area contributed by atoms with Crippen LogP contribution in [0.2, 0.25) is 0 Å². The fraction of sp³-hybridized carbons (Fsp3) is 0.556. The summed E-state index contributed by atoms with van der Waals surface area (Å²) in [6.45, 7) is 3.40. The number of rotatable bonds is 3. The summed E-state index contributed by atoms with van der Waals surface area (Å²) in [7, 11) is 0. The molecule has 1 aliphatic carbocycles.